The molecule has 1 aliphatic heterocycles. The summed E-state index contributed by atoms with van der Waals surface area (Å²) in [6.45, 7) is 3.43. The van der Waals surface area contributed by atoms with Crippen LogP contribution in [0.25, 0.3) is 0 Å². The zero-order valence-corrected chi connectivity index (χ0v) is 10.7. The molecule has 1 aromatic carbocycles. The summed E-state index contributed by atoms with van der Waals surface area (Å²) >= 11 is 0. The largest absolute Gasteiger partial charge is 0.394 e. The summed E-state index contributed by atoms with van der Waals surface area (Å²) in [5.41, 5.74) is 2.18. The molecule has 4 heteroatoms. The lowest BCUT2D eigenvalue weighted by molar-refractivity contribution is -0.121. The summed E-state index contributed by atoms with van der Waals surface area (Å²) in [6, 6.07) is 7.59. The highest BCUT2D eigenvalue weighted by Crippen LogP contribution is 2.18. The molecular formula is C14H20N2O2. The number of anilines is 1. The van der Waals surface area contributed by atoms with Gasteiger partial charge in [-0.2, -0.15) is 0 Å². The average molecular weight is 248 g/mol. The molecule has 0 radical (unpaired) electrons. The van der Waals surface area contributed by atoms with Crippen LogP contribution in [-0.2, 0) is 11.2 Å². The lowest BCUT2D eigenvalue weighted by Gasteiger charge is -2.23. The van der Waals surface area contributed by atoms with Gasteiger partial charge in [-0.15, -0.1) is 0 Å². The molecule has 1 aliphatic rings. The lowest BCUT2D eigenvalue weighted by Crippen LogP contribution is -2.45. The topological polar surface area (TPSA) is 52.6 Å². The summed E-state index contributed by atoms with van der Waals surface area (Å²) in [4.78, 5) is 14.0. The van der Waals surface area contributed by atoms with Gasteiger partial charge in [-0.25, -0.2) is 0 Å². The van der Waals surface area contributed by atoms with E-state index in [1.165, 1.54) is 5.56 Å². The summed E-state index contributed by atoms with van der Waals surface area (Å²) in [6.07, 6.45) is 1.90. The van der Waals surface area contributed by atoms with Crippen molar-refractivity contribution in [3.05, 3.63) is 29.8 Å². The minimum absolute atomic E-state index is 0.0424. The molecule has 1 saturated heterocycles. The molecule has 1 amide bonds. The molecule has 1 unspecified atom stereocenters. The zero-order valence-electron chi connectivity index (χ0n) is 10.7. The van der Waals surface area contributed by atoms with Crippen LogP contribution in [-0.4, -0.2) is 36.8 Å². The highest BCUT2D eigenvalue weighted by Gasteiger charge is 2.26. The van der Waals surface area contributed by atoms with E-state index in [4.69, 9.17) is 0 Å². The van der Waals surface area contributed by atoms with Gasteiger partial charge in [0, 0.05) is 12.2 Å². The van der Waals surface area contributed by atoms with E-state index in [0.29, 0.717) is 6.54 Å². The van der Waals surface area contributed by atoms with Gasteiger partial charge < -0.3 is 15.3 Å². The Morgan fingerprint density at radius 1 is 1.39 bits per heavy atom. The van der Waals surface area contributed by atoms with Crippen LogP contribution in [0, 0.1) is 0 Å². The maximum absolute atomic E-state index is 12.2. The van der Waals surface area contributed by atoms with Crippen molar-refractivity contribution in [3.63, 3.8) is 0 Å². The number of hydrogen-bond donors (Lipinski definition) is 2. The van der Waals surface area contributed by atoms with Crippen molar-refractivity contribution in [2.24, 2.45) is 0 Å². The smallest absolute Gasteiger partial charge is 0.246 e. The second-order valence-corrected chi connectivity index (χ2v) is 4.55. The van der Waals surface area contributed by atoms with Gasteiger partial charge in [-0.05, 0) is 37.1 Å². The highest BCUT2D eigenvalue weighted by molar-refractivity contribution is 5.97. The second kappa shape index (κ2) is 5.98. The maximum Gasteiger partial charge on any atom is 0.246 e. The highest BCUT2D eigenvalue weighted by atomic mass is 16.3. The van der Waals surface area contributed by atoms with E-state index in [1.807, 2.05) is 12.1 Å². The van der Waals surface area contributed by atoms with Crippen molar-refractivity contribution in [2.75, 3.05) is 24.6 Å². The molecule has 0 aliphatic carbocycles. The Labute approximate surface area is 108 Å². The molecule has 1 aromatic rings. The number of nitrogens with one attached hydrogen (secondary N) is 1. The number of aliphatic hydroxyl groups excluding tert-OH is 1. The van der Waals surface area contributed by atoms with Crippen molar-refractivity contribution in [1.82, 2.24) is 5.32 Å². The third-order valence-corrected chi connectivity index (χ3v) is 3.35. The third kappa shape index (κ3) is 2.71. The molecule has 1 fully saturated rings. The molecule has 2 N–H and O–H groups in total. The van der Waals surface area contributed by atoms with Gasteiger partial charge in [0.05, 0.1) is 6.61 Å². The Kier molecular flexibility index (Phi) is 4.33. The molecule has 0 aromatic heterocycles. The van der Waals surface area contributed by atoms with Crippen molar-refractivity contribution < 1.29 is 9.90 Å². The quantitative estimate of drug-likeness (QED) is 0.837. The molecule has 0 saturated carbocycles. The van der Waals surface area contributed by atoms with Gasteiger partial charge in [0.1, 0.15) is 6.04 Å². The van der Waals surface area contributed by atoms with Crippen LogP contribution in [0.5, 0.6) is 0 Å². The van der Waals surface area contributed by atoms with E-state index in [0.717, 1.165) is 25.1 Å². The Hall–Kier alpha value is -1.39. The first-order valence-electron chi connectivity index (χ1n) is 6.50. The van der Waals surface area contributed by atoms with Gasteiger partial charge in [-0.1, -0.05) is 19.1 Å². The van der Waals surface area contributed by atoms with Crippen molar-refractivity contribution in [3.8, 4) is 0 Å². The number of carbonyl (C=O) groups excluding carboxylic acids is 1. The first-order chi connectivity index (χ1) is 8.76. The second-order valence-electron chi connectivity index (χ2n) is 4.55. The van der Waals surface area contributed by atoms with Crippen LogP contribution in [0.4, 0.5) is 5.69 Å². The maximum atomic E-state index is 12.2. The summed E-state index contributed by atoms with van der Waals surface area (Å²) in [7, 11) is 0. The van der Waals surface area contributed by atoms with Crippen LogP contribution in [0.15, 0.2) is 24.3 Å². The first-order valence-corrected chi connectivity index (χ1v) is 6.50. The minimum Gasteiger partial charge on any atom is -0.394 e. The van der Waals surface area contributed by atoms with E-state index in [-0.39, 0.29) is 12.5 Å². The number of carbonyl (C=O) groups is 1. The number of rotatable bonds is 3. The Morgan fingerprint density at radius 2 is 2.11 bits per heavy atom. The predicted octanol–water partition coefficient (Wildman–Crippen LogP) is 0.936. The summed E-state index contributed by atoms with van der Waals surface area (Å²) < 4.78 is 0. The molecule has 0 spiro atoms. The Morgan fingerprint density at radius 3 is 2.72 bits per heavy atom. The number of amides is 1. The van der Waals surface area contributed by atoms with Crippen LogP contribution < -0.4 is 10.2 Å². The zero-order chi connectivity index (χ0) is 13.0. The lowest BCUT2D eigenvalue weighted by atomic mass is 10.1. The molecule has 1 heterocycles. The SMILES string of the molecule is CCc1ccc(N2CCCNC(CO)C2=O)cc1. The van der Waals surface area contributed by atoms with Crippen molar-refractivity contribution >= 4 is 11.6 Å². The summed E-state index contributed by atoms with van der Waals surface area (Å²) in [5.74, 6) is -0.0424. The fraction of sp³-hybridized carbons (Fsp3) is 0.500. The molecular weight excluding hydrogens is 228 g/mol. The molecule has 4 nitrogen and oxygen atoms in total. The van der Waals surface area contributed by atoms with Crippen molar-refractivity contribution in [1.29, 1.82) is 0 Å². The molecule has 2 rings (SSSR count). The number of benzene rings is 1. The number of aliphatic hydroxyl groups is 1. The van der Waals surface area contributed by atoms with Crippen molar-refractivity contribution in [2.45, 2.75) is 25.8 Å². The van der Waals surface area contributed by atoms with Crippen LogP contribution in [0.2, 0.25) is 0 Å². The van der Waals surface area contributed by atoms with Gasteiger partial charge >= 0.3 is 0 Å². The van der Waals surface area contributed by atoms with E-state index >= 15 is 0 Å². The molecule has 18 heavy (non-hydrogen) atoms. The number of hydrogen-bond acceptors (Lipinski definition) is 3. The van der Waals surface area contributed by atoms with Gasteiger partial charge in [0.2, 0.25) is 5.91 Å². The fourth-order valence-electron chi connectivity index (χ4n) is 2.21. The Bertz CT molecular complexity index is 403. The first kappa shape index (κ1) is 13.1. The average Bonchev–Trinajstić information content (AvgIpc) is 2.60. The number of nitrogens with zero attached hydrogens (tertiary/aromatic N) is 1. The normalized spacial score (nSPS) is 20.9. The fourth-order valence-corrected chi connectivity index (χ4v) is 2.21. The van der Waals surface area contributed by atoms with E-state index in [9.17, 15) is 9.90 Å². The minimum atomic E-state index is -0.474. The molecule has 1 atom stereocenters. The van der Waals surface area contributed by atoms with E-state index in [1.54, 1.807) is 4.90 Å². The molecule has 98 valence electrons. The van der Waals surface area contributed by atoms with Crippen LogP contribution >= 0.6 is 0 Å². The summed E-state index contributed by atoms with van der Waals surface area (Å²) in [5, 5.41) is 12.3. The predicted molar refractivity (Wildman–Crippen MR) is 71.7 cm³/mol. The molecule has 0 bridgehead atoms. The monoisotopic (exact) mass is 248 g/mol. The third-order valence-electron chi connectivity index (χ3n) is 3.35. The van der Waals surface area contributed by atoms with Crippen LogP contribution in [0.1, 0.15) is 18.9 Å². The standard InChI is InChI=1S/C14H20N2O2/c1-2-11-4-6-12(7-5-11)16-9-3-8-15-13(10-17)14(16)18/h4-7,13,15,17H,2-3,8-10H2,1H3. The van der Waals surface area contributed by atoms with Gasteiger partial charge in [0.25, 0.3) is 0 Å². The Balaban J connectivity index is 2.20. The number of aryl methyl sites for hydroxylation is 1. The van der Waals surface area contributed by atoms with Gasteiger partial charge in [-0.3, -0.25) is 4.79 Å². The van der Waals surface area contributed by atoms with Gasteiger partial charge in [0.15, 0.2) is 0 Å². The van der Waals surface area contributed by atoms with E-state index in [2.05, 4.69) is 24.4 Å². The van der Waals surface area contributed by atoms with Crippen LogP contribution in [0.3, 0.4) is 0 Å². The van der Waals surface area contributed by atoms with E-state index < -0.39 is 6.04 Å².